The number of phosphoric ester groups is 1. The van der Waals surface area contributed by atoms with Crippen LogP contribution < -0.4 is 0 Å². The van der Waals surface area contributed by atoms with Gasteiger partial charge in [-0.05, 0) is 77.0 Å². The Bertz CT molecular complexity index is 1390. The number of esters is 1. The van der Waals surface area contributed by atoms with Crippen LogP contribution in [0.3, 0.4) is 0 Å². The van der Waals surface area contributed by atoms with Crippen LogP contribution >= 0.6 is 7.82 Å². The van der Waals surface area contributed by atoms with Crippen LogP contribution in [0.5, 0.6) is 0 Å². The van der Waals surface area contributed by atoms with Crippen molar-refractivity contribution >= 4 is 13.8 Å². The molecule has 0 heterocycles. The van der Waals surface area contributed by atoms with Crippen LogP contribution in [0.25, 0.3) is 0 Å². The van der Waals surface area contributed by atoms with Gasteiger partial charge in [0.1, 0.15) is 42.7 Å². The van der Waals surface area contributed by atoms with E-state index in [0.717, 1.165) is 64.2 Å². The van der Waals surface area contributed by atoms with E-state index in [2.05, 4.69) is 86.8 Å². The molecule has 1 fully saturated rings. The molecule has 0 saturated heterocycles. The van der Waals surface area contributed by atoms with E-state index >= 15 is 0 Å². The van der Waals surface area contributed by atoms with E-state index in [1.807, 2.05) is 12.2 Å². The van der Waals surface area contributed by atoms with Gasteiger partial charge in [-0.2, -0.15) is 0 Å². The maximum atomic E-state index is 12.8. The van der Waals surface area contributed by atoms with Crippen LogP contribution in [0, 0.1) is 0 Å². The van der Waals surface area contributed by atoms with Crippen molar-refractivity contribution in [2.45, 2.75) is 217 Å². The quantitative estimate of drug-likeness (QED) is 0.0147. The summed E-state index contributed by atoms with van der Waals surface area (Å²) in [5.41, 5.74) is 0. The number of ether oxygens (including phenoxy) is 2. The fourth-order valence-corrected chi connectivity index (χ4v) is 8.05. The lowest BCUT2D eigenvalue weighted by Gasteiger charge is -2.41. The number of allylic oxidation sites excluding steroid dienone is 14. The van der Waals surface area contributed by atoms with Gasteiger partial charge < -0.3 is 39.9 Å². The van der Waals surface area contributed by atoms with Crippen molar-refractivity contribution in [3.8, 4) is 0 Å². The Kier molecular flexibility index (Phi) is 38.8. The highest BCUT2D eigenvalue weighted by Gasteiger charge is 2.51. The second-order valence-electron chi connectivity index (χ2n) is 16.9. The summed E-state index contributed by atoms with van der Waals surface area (Å²) in [6.45, 7) is 4.05. The summed E-state index contributed by atoms with van der Waals surface area (Å²) in [5, 5.41) is 50.3. The predicted octanol–water partition coefficient (Wildman–Crippen LogP) is 10.9. The second kappa shape index (κ2) is 41.7. The molecule has 6 N–H and O–H groups in total. The molecule has 374 valence electrons. The number of carbonyl (C=O) groups excluding carboxylic acids is 1. The number of phosphoric acid groups is 1. The lowest BCUT2D eigenvalue weighted by molar-refractivity contribution is -0.220. The van der Waals surface area contributed by atoms with Crippen molar-refractivity contribution in [1.82, 2.24) is 0 Å². The lowest BCUT2D eigenvalue weighted by Crippen LogP contribution is -2.64. The van der Waals surface area contributed by atoms with E-state index in [1.54, 1.807) is 0 Å². The fourth-order valence-electron chi connectivity index (χ4n) is 7.08. The van der Waals surface area contributed by atoms with E-state index in [4.69, 9.17) is 18.5 Å². The summed E-state index contributed by atoms with van der Waals surface area (Å²) in [4.78, 5) is 23.2. The molecule has 1 rings (SSSR count). The zero-order valence-corrected chi connectivity index (χ0v) is 40.9. The van der Waals surface area contributed by atoms with Gasteiger partial charge in [0, 0.05) is 13.0 Å². The van der Waals surface area contributed by atoms with Crippen LogP contribution in [-0.4, -0.2) is 98.9 Å². The summed E-state index contributed by atoms with van der Waals surface area (Å²) in [7, 11) is -5.05. The summed E-state index contributed by atoms with van der Waals surface area (Å²) >= 11 is 0. The molecule has 65 heavy (non-hydrogen) atoms. The van der Waals surface area contributed by atoms with Crippen LogP contribution in [0.2, 0.25) is 0 Å². The molecule has 1 saturated carbocycles. The molecule has 1 aliphatic rings. The average molecular weight is 937 g/mol. The molecule has 0 aromatic rings. The lowest BCUT2D eigenvalue weighted by atomic mass is 9.85. The van der Waals surface area contributed by atoms with Gasteiger partial charge in [-0.1, -0.05) is 176 Å². The fraction of sp³-hybridized carbons (Fsp3) is 0.712. The second-order valence-corrected chi connectivity index (χ2v) is 18.3. The first kappa shape index (κ1) is 60.5. The Morgan fingerprint density at radius 3 is 1.38 bits per heavy atom. The molecule has 0 amide bonds. The summed E-state index contributed by atoms with van der Waals surface area (Å²) in [6, 6.07) is 0. The molecule has 6 unspecified atom stereocenters. The molecule has 0 radical (unpaired) electrons. The highest BCUT2D eigenvalue weighted by Crippen LogP contribution is 2.47. The molecule has 12 nitrogen and oxygen atoms in total. The van der Waals surface area contributed by atoms with Crippen molar-refractivity contribution in [3.05, 3.63) is 85.1 Å². The Balaban J connectivity index is 2.43. The molecular formula is C52H89O12P. The number of unbranched alkanes of at least 4 members (excludes halogenated alkanes) is 15. The Labute approximate surface area is 392 Å². The van der Waals surface area contributed by atoms with Crippen molar-refractivity contribution in [2.24, 2.45) is 0 Å². The topological polar surface area (TPSA) is 192 Å². The van der Waals surface area contributed by atoms with Gasteiger partial charge in [0.05, 0.1) is 13.2 Å². The summed E-state index contributed by atoms with van der Waals surface area (Å²) in [6.07, 6.45) is 43.8. The third-order valence-electron chi connectivity index (χ3n) is 11.0. The highest BCUT2D eigenvalue weighted by atomic mass is 31.2. The number of aliphatic hydroxyl groups excluding tert-OH is 5. The number of carbonyl (C=O) groups is 1. The number of aliphatic hydroxyl groups is 5. The van der Waals surface area contributed by atoms with E-state index in [-0.39, 0.29) is 13.0 Å². The Hall–Kier alpha value is -2.48. The van der Waals surface area contributed by atoms with E-state index in [1.165, 1.54) is 77.0 Å². The smallest absolute Gasteiger partial charge is 0.457 e. The molecule has 1 aliphatic carbocycles. The van der Waals surface area contributed by atoms with Crippen LogP contribution in [0.4, 0.5) is 0 Å². The van der Waals surface area contributed by atoms with Crippen molar-refractivity contribution in [1.29, 1.82) is 0 Å². The molecule has 13 heteroatoms. The van der Waals surface area contributed by atoms with Crippen LogP contribution in [0.15, 0.2) is 85.1 Å². The molecule has 0 spiro atoms. The van der Waals surface area contributed by atoms with Gasteiger partial charge in [-0.25, -0.2) is 4.57 Å². The number of hydrogen-bond donors (Lipinski definition) is 6. The molecule has 0 aromatic carbocycles. The molecule has 0 aliphatic heterocycles. The average Bonchev–Trinajstić information content (AvgIpc) is 3.29. The third-order valence-corrected chi connectivity index (χ3v) is 12.0. The molecular weight excluding hydrogens is 848 g/mol. The van der Waals surface area contributed by atoms with Gasteiger partial charge >= 0.3 is 13.8 Å². The minimum atomic E-state index is -5.05. The first-order chi connectivity index (χ1) is 31.5. The molecule has 6 atom stereocenters. The maximum absolute atomic E-state index is 12.8. The van der Waals surface area contributed by atoms with Crippen molar-refractivity contribution in [2.75, 3.05) is 19.8 Å². The third kappa shape index (κ3) is 33.6. The van der Waals surface area contributed by atoms with E-state index in [9.17, 15) is 39.8 Å². The van der Waals surface area contributed by atoms with Crippen LogP contribution in [-0.2, 0) is 27.9 Å². The highest BCUT2D eigenvalue weighted by molar-refractivity contribution is 7.47. The van der Waals surface area contributed by atoms with Crippen LogP contribution in [0.1, 0.15) is 174 Å². The largest absolute Gasteiger partial charge is 0.472 e. The monoisotopic (exact) mass is 937 g/mol. The van der Waals surface area contributed by atoms with Gasteiger partial charge in [-0.3, -0.25) is 13.8 Å². The van der Waals surface area contributed by atoms with Gasteiger partial charge in [0.25, 0.3) is 0 Å². The minimum Gasteiger partial charge on any atom is -0.457 e. The van der Waals surface area contributed by atoms with Crippen molar-refractivity contribution < 1.29 is 58.3 Å². The van der Waals surface area contributed by atoms with Crippen molar-refractivity contribution in [3.63, 3.8) is 0 Å². The summed E-state index contributed by atoms with van der Waals surface area (Å²) in [5.74, 6) is -0.562. The normalized spacial score (nSPS) is 22.3. The Morgan fingerprint density at radius 2 is 0.908 bits per heavy atom. The van der Waals surface area contributed by atoms with E-state index in [0.29, 0.717) is 19.4 Å². The molecule has 0 aromatic heterocycles. The van der Waals surface area contributed by atoms with Gasteiger partial charge in [-0.15, -0.1) is 0 Å². The molecule has 0 bridgehead atoms. The SMILES string of the molecule is CC/C=C\C/C=C\C/C=C\C/C=C\C/C=C\C/C=C\CCC(=O)OC(COCCCCCCCCCC/C=C\CCCCCCCCC)COP(=O)(O)OC1C(O)C(O)C(O)C(O)C1O. The van der Waals surface area contributed by atoms with Gasteiger partial charge in [0.2, 0.25) is 0 Å². The Morgan fingerprint density at radius 1 is 0.508 bits per heavy atom. The first-order valence-electron chi connectivity index (χ1n) is 24.9. The number of rotatable bonds is 41. The zero-order chi connectivity index (χ0) is 47.6. The van der Waals surface area contributed by atoms with Gasteiger partial charge in [0.15, 0.2) is 0 Å². The first-order valence-corrected chi connectivity index (χ1v) is 26.4. The minimum absolute atomic E-state index is 0.0561. The number of hydrogen-bond acceptors (Lipinski definition) is 11. The zero-order valence-electron chi connectivity index (χ0n) is 40.0. The summed E-state index contributed by atoms with van der Waals surface area (Å²) < 4.78 is 34.2. The maximum Gasteiger partial charge on any atom is 0.472 e. The van der Waals surface area contributed by atoms with E-state index < -0.39 is 63.1 Å². The predicted molar refractivity (Wildman–Crippen MR) is 262 cm³/mol. The standard InChI is InChI=1S/C52H89O12P/c1-3-5-7-9-11-13-15-17-19-21-23-25-27-29-31-33-35-37-39-41-46(53)63-45(44-62-65(59,60)64-52-50(57)48(55)47(54)49(56)51(52)58)43-61-42-40-38-36-34-32-30-28-26-24-22-20-18-16-14-12-10-8-6-4-2/h5,7,11,13,17,19-20,22-23,25,29,31,35,37,45,47-52,54-58H,3-4,6,8-10,12,14-16,18,21,24,26-28,30,32-34,36,38-44H2,1-2H3,(H,59,60)/b7-5-,13-11-,19-17-,22-20-,25-23-,31-29-,37-35-.